The summed E-state index contributed by atoms with van der Waals surface area (Å²) < 4.78 is 29.1. The lowest BCUT2D eigenvalue weighted by Gasteiger charge is -2.08. The molecule has 0 saturated heterocycles. The zero-order chi connectivity index (χ0) is 14.4. The quantitative estimate of drug-likeness (QED) is 0.742. The second kappa shape index (κ2) is 4.26. The molecule has 2 N–H and O–H groups in total. The predicted molar refractivity (Wildman–Crippen MR) is 72.7 cm³/mol. The van der Waals surface area contributed by atoms with Gasteiger partial charge in [0.15, 0.2) is 5.65 Å². The van der Waals surface area contributed by atoms with Crippen molar-refractivity contribution in [3.63, 3.8) is 0 Å². The van der Waals surface area contributed by atoms with Crippen LogP contribution < -0.4 is 5.73 Å². The summed E-state index contributed by atoms with van der Waals surface area (Å²) >= 11 is 0. The predicted octanol–water partition coefficient (Wildman–Crippen LogP) is 2.90. The molecule has 6 heteroatoms. The van der Waals surface area contributed by atoms with Gasteiger partial charge in [-0.15, -0.1) is 0 Å². The molecule has 1 aromatic carbocycles. The molecule has 4 nitrogen and oxygen atoms in total. The Morgan fingerprint density at radius 2 is 1.85 bits per heavy atom. The highest BCUT2D eigenvalue weighted by Crippen LogP contribution is 2.25. The number of hydrogen-bond acceptors (Lipinski definition) is 3. The van der Waals surface area contributed by atoms with E-state index in [4.69, 9.17) is 5.73 Å². The maximum Gasteiger partial charge on any atom is 0.207 e. The van der Waals surface area contributed by atoms with Gasteiger partial charge in [-0.2, -0.15) is 0 Å². The highest BCUT2D eigenvalue weighted by Gasteiger charge is 2.16. The number of aromatic nitrogens is 3. The van der Waals surface area contributed by atoms with E-state index >= 15 is 0 Å². The van der Waals surface area contributed by atoms with Gasteiger partial charge < -0.3 is 5.73 Å². The van der Waals surface area contributed by atoms with E-state index in [0.717, 1.165) is 17.7 Å². The summed E-state index contributed by atoms with van der Waals surface area (Å²) in [7, 11) is 0. The van der Waals surface area contributed by atoms with Crippen LogP contribution in [-0.4, -0.2) is 14.5 Å². The first-order valence-electron chi connectivity index (χ1n) is 6.04. The van der Waals surface area contributed by atoms with Gasteiger partial charge in [-0.25, -0.2) is 18.7 Å². The Kier molecular flexibility index (Phi) is 2.67. The monoisotopic (exact) mass is 274 g/mol. The molecule has 0 fully saturated rings. The molecule has 0 bridgehead atoms. The second-order valence-electron chi connectivity index (χ2n) is 4.71. The SMILES string of the molecule is Cc1cnc2c(c1)nc(N)n2-c1cc(F)c(C)cc1F. The molecule has 0 unspecified atom stereocenters. The molecule has 102 valence electrons. The molecule has 0 aliphatic carbocycles. The van der Waals surface area contributed by atoms with Crippen molar-refractivity contribution in [3.05, 3.63) is 47.2 Å². The van der Waals surface area contributed by atoms with Crippen LogP contribution in [0.4, 0.5) is 14.7 Å². The van der Waals surface area contributed by atoms with Crippen molar-refractivity contribution in [1.29, 1.82) is 0 Å². The first kappa shape index (κ1) is 12.5. The lowest BCUT2D eigenvalue weighted by molar-refractivity contribution is 0.586. The van der Waals surface area contributed by atoms with E-state index in [-0.39, 0.29) is 17.2 Å². The zero-order valence-corrected chi connectivity index (χ0v) is 11.0. The number of halogens is 2. The fourth-order valence-electron chi connectivity index (χ4n) is 2.13. The number of nitrogens with two attached hydrogens (primary N) is 1. The summed E-state index contributed by atoms with van der Waals surface area (Å²) in [5, 5.41) is 0. The zero-order valence-electron chi connectivity index (χ0n) is 11.0. The van der Waals surface area contributed by atoms with Crippen molar-refractivity contribution in [2.24, 2.45) is 0 Å². The van der Waals surface area contributed by atoms with Crippen LogP contribution in [-0.2, 0) is 0 Å². The topological polar surface area (TPSA) is 56.7 Å². The molecule has 0 amide bonds. The molecule has 3 aromatic rings. The van der Waals surface area contributed by atoms with Gasteiger partial charge in [0.2, 0.25) is 5.95 Å². The van der Waals surface area contributed by atoms with Gasteiger partial charge >= 0.3 is 0 Å². The molecule has 0 radical (unpaired) electrons. The number of rotatable bonds is 1. The smallest absolute Gasteiger partial charge is 0.207 e. The number of aryl methyl sites for hydroxylation is 2. The Labute approximate surface area is 113 Å². The standard InChI is InChI=1S/C14H12F2N4/c1-7-3-11-13(18-6-7)20(14(17)19-11)12-5-9(15)8(2)4-10(12)16/h3-6H,1-2H3,(H2,17,19). The average molecular weight is 274 g/mol. The van der Waals surface area contributed by atoms with Crippen LogP contribution in [0.2, 0.25) is 0 Å². The first-order chi connectivity index (χ1) is 9.47. The summed E-state index contributed by atoms with van der Waals surface area (Å²) in [6.07, 6.45) is 1.63. The van der Waals surface area contributed by atoms with E-state index in [9.17, 15) is 8.78 Å². The lowest BCUT2D eigenvalue weighted by atomic mass is 10.2. The van der Waals surface area contributed by atoms with Gasteiger partial charge in [-0.3, -0.25) is 4.57 Å². The summed E-state index contributed by atoms with van der Waals surface area (Å²) in [5.74, 6) is -1.01. The second-order valence-corrected chi connectivity index (χ2v) is 4.71. The Morgan fingerprint density at radius 1 is 1.10 bits per heavy atom. The Balaban J connectivity index is 2.35. The largest absolute Gasteiger partial charge is 0.369 e. The van der Waals surface area contributed by atoms with Gasteiger partial charge in [0.25, 0.3) is 0 Å². The van der Waals surface area contributed by atoms with E-state index < -0.39 is 11.6 Å². The van der Waals surface area contributed by atoms with Gasteiger partial charge in [0.05, 0.1) is 5.69 Å². The highest BCUT2D eigenvalue weighted by atomic mass is 19.1. The average Bonchev–Trinajstić information content (AvgIpc) is 2.69. The number of benzene rings is 1. The Morgan fingerprint density at radius 3 is 2.60 bits per heavy atom. The van der Waals surface area contributed by atoms with E-state index in [2.05, 4.69) is 9.97 Å². The molecule has 2 heterocycles. The molecule has 0 spiro atoms. The number of pyridine rings is 1. The third kappa shape index (κ3) is 1.80. The number of imidazole rings is 1. The Bertz CT molecular complexity index is 824. The molecule has 0 aliphatic heterocycles. The fourth-order valence-corrected chi connectivity index (χ4v) is 2.13. The normalized spacial score (nSPS) is 11.2. The number of hydrogen-bond donors (Lipinski definition) is 1. The number of fused-ring (bicyclic) bond motifs is 1. The summed E-state index contributed by atoms with van der Waals surface area (Å²) in [4.78, 5) is 8.34. The van der Waals surface area contributed by atoms with E-state index in [1.165, 1.54) is 11.5 Å². The van der Waals surface area contributed by atoms with Crippen LogP contribution >= 0.6 is 0 Å². The minimum atomic E-state index is -0.572. The maximum atomic E-state index is 14.1. The minimum Gasteiger partial charge on any atom is -0.369 e. The number of anilines is 1. The van der Waals surface area contributed by atoms with Gasteiger partial charge in [0, 0.05) is 12.3 Å². The van der Waals surface area contributed by atoms with Crippen molar-refractivity contribution in [2.75, 3.05) is 5.73 Å². The lowest BCUT2D eigenvalue weighted by Crippen LogP contribution is -2.05. The van der Waals surface area contributed by atoms with Crippen LogP contribution in [0, 0.1) is 25.5 Å². The molecular formula is C14H12F2N4. The van der Waals surface area contributed by atoms with Crippen molar-refractivity contribution in [1.82, 2.24) is 14.5 Å². The van der Waals surface area contributed by atoms with Crippen LogP contribution in [0.3, 0.4) is 0 Å². The van der Waals surface area contributed by atoms with Gasteiger partial charge in [0.1, 0.15) is 17.2 Å². The first-order valence-corrected chi connectivity index (χ1v) is 6.04. The van der Waals surface area contributed by atoms with Crippen LogP contribution in [0.1, 0.15) is 11.1 Å². The fraction of sp³-hybridized carbons (Fsp3) is 0.143. The molecule has 2 aromatic heterocycles. The van der Waals surface area contributed by atoms with E-state index in [1.807, 2.05) is 6.92 Å². The summed E-state index contributed by atoms with van der Waals surface area (Å²) in [6.45, 7) is 3.37. The van der Waals surface area contributed by atoms with Crippen molar-refractivity contribution in [2.45, 2.75) is 13.8 Å². The summed E-state index contributed by atoms with van der Waals surface area (Å²) in [5.41, 5.74) is 7.91. The van der Waals surface area contributed by atoms with Gasteiger partial charge in [-0.05, 0) is 37.1 Å². The molecule has 0 saturated carbocycles. The van der Waals surface area contributed by atoms with Gasteiger partial charge in [-0.1, -0.05) is 0 Å². The molecule has 20 heavy (non-hydrogen) atoms. The third-order valence-corrected chi connectivity index (χ3v) is 3.13. The maximum absolute atomic E-state index is 14.1. The van der Waals surface area contributed by atoms with Crippen LogP contribution in [0.25, 0.3) is 16.9 Å². The van der Waals surface area contributed by atoms with Crippen molar-refractivity contribution >= 4 is 17.1 Å². The molecular weight excluding hydrogens is 262 g/mol. The molecule has 3 rings (SSSR count). The Hall–Kier alpha value is -2.50. The third-order valence-electron chi connectivity index (χ3n) is 3.13. The highest BCUT2D eigenvalue weighted by molar-refractivity contribution is 5.77. The summed E-state index contributed by atoms with van der Waals surface area (Å²) in [6, 6.07) is 4.02. The number of nitrogens with zero attached hydrogens (tertiary/aromatic N) is 3. The van der Waals surface area contributed by atoms with Crippen LogP contribution in [0.15, 0.2) is 24.4 Å². The molecule has 0 aliphatic rings. The minimum absolute atomic E-state index is 0.00412. The van der Waals surface area contributed by atoms with Crippen molar-refractivity contribution in [3.8, 4) is 5.69 Å². The van der Waals surface area contributed by atoms with Crippen LogP contribution in [0.5, 0.6) is 0 Å². The molecule has 0 atom stereocenters. The number of nitrogen functional groups attached to an aromatic ring is 1. The van der Waals surface area contributed by atoms with E-state index in [0.29, 0.717) is 11.2 Å². The van der Waals surface area contributed by atoms with E-state index in [1.54, 1.807) is 12.3 Å². The van der Waals surface area contributed by atoms with Crippen molar-refractivity contribution < 1.29 is 8.78 Å².